The highest BCUT2D eigenvalue weighted by atomic mass is 16.4. The van der Waals surface area contributed by atoms with Gasteiger partial charge in [-0.2, -0.15) is 0 Å². The van der Waals surface area contributed by atoms with Crippen LogP contribution in [0, 0.1) is 0 Å². The zero-order chi connectivity index (χ0) is 15.4. The number of carboxylic acids is 1. The summed E-state index contributed by atoms with van der Waals surface area (Å²) >= 11 is 0. The van der Waals surface area contributed by atoms with Gasteiger partial charge in [-0.25, -0.2) is 4.79 Å². The van der Waals surface area contributed by atoms with Crippen molar-refractivity contribution in [3.8, 4) is 0 Å². The number of aromatic carboxylic acids is 1. The largest absolute Gasteiger partial charge is 0.478 e. The molecule has 0 bridgehead atoms. The number of nitrogens with zero attached hydrogens (tertiary/aromatic N) is 1. The van der Waals surface area contributed by atoms with E-state index in [2.05, 4.69) is 10.2 Å². The van der Waals surface area contributed by atoms with Gasteiger partial charge in [-0.15, -0.1) is 0 Å². The normalized spacial score (nSPS) is 16.1. The van der Waals surface area contributed by atoms with Crippen LogP contribution in [0.2, 0.25) is 0 Å². The molecule has 21 heavy (non-hydrogen) atoms. The topological polar surface area (TPSA) is 69.6 Å². The molecule has 1 heterocycles. The van der Waals surface area contributed by atoms with Gasteiger partial charge in [0.2, 0.25) is 5.91 Å². The van der Waals surface area contributed by atoms with Crippen LogP contribution >= 0.6 is 0 Å². The van der Waals surface area contributed by atoms with E-state index in [-0.39, 0.29) is 11.9 Å². The number of nitrogens with one attached hydrogen (secondary N) is 1. The van der Waals surface area contributed by atoms with Gasteiger partial charge in [0, 0.05) is 19.1 Å². The van der Waals surface area contributed by atoms with Crippen molar-refractivity contribution in [3.63, 3.8) is 0 Å². The fraction of sp³-hybridized carbons (Fsp3) is 0.500. The molecule has 0 aliphatic carbocycles. The predicted octanol–water partition coefficient (Wildman–Crippen LogP) is 1.66. The molecule has 2 rings (SSSR count). The Labute approximate surface area is 125 Å². The van der Waals surface area contributed by atoms with Crippen molar-refractivity contribution in [2.24, 2.45) is 0 Å². The second-order valence-electron chi connectivity index (χ2n) is 5.59. The summed E-state index contributed by atoms with van der Waals surface area (Å²) in [5, 5.41) is 12.2. The molecule has 1 aliphatic rings. The van der Waals surface area contributed by atoms with Gasteiger partial charge in [0.05, 0.1) is 12.1 Å². The SMILES string of the molecule is CCC(C)NC(=O)CN1CCc2c(cccc2C(=O)O)C1. The number of benzene rings is 1. The van der Waals surface area contributed by atoms with Gasteiger partial charge in [-0.1, -0.05) is 19.1 Å². The van der Waals surface area contributed by atoms with Gasteiger partial charge >= 0.3 is 5.97 Å². The first-order valence-corrected chi connectivity index (χ1v) is 7.37. The average molecular weight is 290 g/mol. The molecule has 1 atom stereocenters. The van der Waals surface area contributed by atoms with Gasteiger partial charge in [0.25, 0.3) is 0 Å². The predicted molar refractivity (Wildman–Crippen MR) is 80.3 cm³/mol. The monoisotopic (exact) mass is 290 g/mol. The molecular formula is C16H22N2O3. The van der Waals surface area contributed by atoms with E-state index in [0.29, 0.717) is 31.6 Å². The van der Waals surface area contributed by atoms with Crippen LogP contribution < -0.4 is 5.32 Å². The van der Waals surface area contributed by atoms with Crippen LogP contribution in [0.4, 0.5) is 0 Å². The summed E-state index contributed by atoms with van der Waals surface area (Å²) in [5.41, 5.74) is 2.30. The molecule has 114 valence electrons. The van der Waals surface area contributed by atoms with E-state index in [0.717, 1.165) is 17.5 Å². The van der Waals surface area contributed by atoms with Crippen molar-refractivity contribution in [3.05, 3.63) is 34.9 Å². The number of carbonyl (C=O) groups is 2. The highest BCUT2D eigenvalue weighted by Gasteiger charge is 2.22. The van der Waals surface area contributed by atoms with Gasteiger partial charge in [0.1, 0.15) is 0 Å². The van der Waals surface area contributed by atoms with Crippen molar-refractivity contribution in [1.29, 1.82) is 0 Å². The van der Waals surface area contributed by atoms with Crippen LogP contribution in [0.5, 0.6) is 0 Å². The molecular weight excluding hydrogens is 268 g/mol. The molecule has 5 nitrogen and oxygen atoms in total. The molecule has 1 amide bonds. The zero-order valence-corrected chi connectivity index (χ0v) is 12.6. The number of carbonyl (C=O) groups excluding carboxylic acids is 1. The Bertz CT molecular complexity index is 542. The Kier molecular flexibility index (Phi) is 4.96. The Balaban J connectivity index is 2.02. The maximum atomic E-state index is 11.9. The number of amides is 1. The second-order valence-corrected chi connectivity index (χ2v) is 5.59. The number of carboxylic acid groups (broad SMARTS) is 1. The number of fused-ring (bicyclic) bond motifs is 1. The first-order chi connectivity index (χ1) is 10.0. The highest BCUT2D eigenvalue weighted by molar-refractivity contribution is 5.90. The first kappa shape index (κ1) is 15.5. The number of hydrogen-bond acceptors (Lipinski definition) is 3. The lowest BCUT2D eigenvalue weighted by molar-refractivity contribution is -0.123. The van der Waals surface area contributed by atoms with Crippen LogP contribution in [0.1, 0.15) is 41.8 Å². The van der Waals surface area contributed by atoms with Crippen LogP contribution in [0.3, 0.4) is 0 Å². The van der Waals surface area contributed by atoms with Crippen LogP contribution in [-0.4, -0.2) is 41.0 Å². The molecule has 0 saturated heterocycles. The average Bonchev–Trinajstić information content (AvgIpc) is 2.45. The number of rotatable bonds is 5. The molecule has 0 radical (unpaired) electrons. The van der Waals surface area contributed by atoms with Crippen LogP contribution in [0.25, 0.3) is 0 Å². The molecule has 5 heteroatoms. The van der Waals surface area contributed by atoms with Gasteiger partial charge in [-0.3, -0.25) is 9.69 Å². The molecule has 0 spiro atoms. The standard InChI is InChI=1S/C16H22N2O3/c1-3-11(2)17-15(19)10-18-8-7-13-12(9-18)5-4-6-14(13)16(20)21/h4-6,11H,3,7-10H2,1-2H3,(H,17,19)(H,20,21). The van der Waals surface area contributed by atoms with Crippen molar-refractivity contribution < 1.29 is 14.7 Å². The Hall–Kier alpha value is -1.88. The van der Waals surface area contributed by atoms with E-state index in [1.54, 1.807) is 12.1 Å². The molecule has 1 aliphatic heterocycles. The van der Waals surface area contributed by atoms with E-state index in [4.69, 9.17) is 0 Å². The van der Waals surface area contributed by atoms with E-state index in [9.17, 15) is 14.7 Å². The fourth-order valence-corrected chi connectivity index (χ4v) is 2.63. The summed E-state index contributed by atoms with van der Waals surface area (Å²) in [6.07, 6.45) is 1.59. The van der Waals surface area contributed by atoms with Crippen molar-refractivity contribution in [2.45, 2.75) is 39.3 Å². The Morgan fingerprint density at radius 3 is 2.86 bits per heavy atom. The van der Waals surface area contributed by atoms with Gasteiger partial charge in [-0.05, 0) is 37.0 Å². The zero-order valence-electron chi connectivity index (χ0n) is 12.6. The molecule has 2 N–H and O–H groups in total. The minimum absolute atomic E-state index is 0.0298. The van der Waals surface area contributed by atoms with Crippen molar-refractivity contribution in [1.82, 2.24) is 10.2 Å². The minimum atomic E-state index is -0.880. The van der Waals surface area contributed by atoms with Crippen molar-refractivity contribution >= 4 is 11.9 Å². The smallest absolute Gasteiger partial charge is 0.335 e. The summed E-state index contributed by atoms with van der Waals surface area (Å²) in [5.74, 6) is -0.850. The summed E-state index contributed by atoms with van der Waals surface area (Å²) in [6, 6.07) is 5.55. The van der Waals surface area contributed by atoms with Gasteiger partial charge < -0.3 is 10.4 Å². The summed E-state index contributed by atoms with van der Waals surface area (Å²) in [7, 11) is 0. The Morgan fingerprint density at radius 2 is 2.19 bits per heavy atom. The van der Waals surface area contributed by atoms with Gasteiger partial charge in [0.15, 0.2) is 0 Å². The van der Waals surface area contributed by atoms with E-state index < -0.39 is 5.97 Å². The third-order valence-electron chi connectivity index (χ3n) is 3.96. The van der Waals surface area contributed by atoms with Crippen LogP contribution in [-0.2, 0) is 17.8 Å². The quantitative estimate of drug-likeness (QED) is 0.865. The summed E-state index contributed by atoms with van der Waals surface area (Å²) in [6.45, 7) is 5.73. The maximum absolute atomic E-state index is 11.9. The number of hydrogen-bond donors (Lipinski definition) is 2. The summed E-state index contributed by atoms with van der Waals surface area (Å²) < 4.78 is 0. The molecule has 1 aromatic rings. The molecule has 0 saturated carbocycles. The highest BCUT2D eigenvalue weighted by Crippen LogP contribution is 2.22. The Morgan fingerprint density at radius 1 is 1.43 bits per heavy atom. The lowest BCUT2D eigenvalue weighted by atomic mass is 9.94. The fourth-order valence-electron chi connectivity index (χ4n) is 2.63. The lowest BCUT2D eigenvalue weighted by Crippen LogP contribution is -2.42. The maximum Gasteiger partial charge on any atom is 0.335 e. The molecule has 1 unspecified atom stereocenters. The van der Waals surface area contributed by atoms with E-state index in [1.807, 2.05) is 19.9 Å². The van der Waals surface area contributed by atoms with E-state index in [1.165, 1.54) is 0 Å². The lowest BCUT2D eigenvalue weighted by Gasteiger charge is -2.29. The molecule has 0 fully saturated rings. The van der Waals surface area contributed by atoms with Crippen molar-refractivity contribution in [2.75, 3.05) is 13.1 Å². The molecule has 0 aromatic heterocycles. The third kappa shape index (κ3) is 3.82. The summed E-state index contributed by atoms with van der Waals surface area (Å²) in [4.78, 5) is 25.2. The molecule has 1 aromatic carbocycles. The van der Waals surface area contributed by atoms with E-state index >= 15 is 0 Å². The third-order valence-corrected chi connectivity index (χ3v) is 3.96. The first-order valence-electron chi connectivity index (χ1n) is 7.37. The van der Waals surface area contributed by atoms with Crippen LogP contribution in [0.15, 0.2) is 18.2 Å². The minimum Gasteiger partial charge on any atom is -0.478 e. The second kappa shape index (κ2) is 6.72.